The second-order valence-electron chi connectivity index (χ2n) is 2.43. The van der Waals surface area contributed by atoms with E-state index in [1.165, 1.54) is 6.33 Å². The SMILES string of the molecule is CN1CN(Cl)c2ncncc21. The summed E-state index contributed by atoms with van der Waals surface area (Å²) >= 11 is 5.84. The summed E-state index contributed by atoms with van der Waals surface area (Å²) in [5, 5.41) is 0. The molecule has 0 amide bonds. The van der Waals surface area contributed by atoms with Gasteiger partial charge in [-0.1, -0.05) is 0 Å². The van der Waals surface area contributed by atoms with Gasteiger partial charge < -0.3 is 4.90 Å². The predicted molar refractivity (Wildman–Crippen MR) is 43.6 cm³/mol. The molecule has 0 spiro atoms. The van der Waals surface area contributed by atoms with Crippen LogP contribution in [0.15, 0.2) is 12.5 Å². The van der Waals surface area contributed by atoms with Gasteiger partial charge in [0.1, 0.15) is 18.7 Å². The molecule has 5 heteroatoms. The van der Waals surface area contributed by atoms with E-state index in [-0.39, 0.29) is 0 Å². The fraction of sp³-hybridized carbons (Fsp3) is 0.333. The first-order valence-corrected chi connectivity index (χ1v) is 3.57. The Morgan fingerprint density at radius 3 is 3.18 bits per heavy atom. The number of anilines is 2. The van der Waals surface area contributed by atoms with Crippen molar-refractivity contribution >= 4 is 23.3 Å². The molecule has 0 aromatic carbocycles. The van der Waals surface area contributed by atoms with E-state index < -0.39 is 0 Å². The van der Waals surface area contributed by atoms with E-state index in [1.54, 1.807) is 10.6 Å². The zero-order chi connectivity index (χ0) is 7.84. The van der Waals surface area contributed by atoms with Crippen molar-refractivity contribution < 1.29 is 0 Å². The first kappa shape index (κ1) is 6.67. The molecule has 58 valence electrons. The smallest absolute Gasteiger partial charge is 0.171 e. The van der Waals surface area contributed by atoms with Crippen molar-refractivity contribution in [3.05, 3.63) is 12.5 Å². The molecule has 0 saturated heterocycles. The van der Waals surface area contributed by atoms with Gasteiger partial charge in [-0.25, -0.2) is 14.4 Å². The zero-order valence-corrected chi connectivity index (χ0v) is 6.78. The van der Waals surface area contributed by atoms with Gasteiger partial charge in [0, 0.05) is 18.8 Å². The summed E-state index contributed by atoms with van der Waals surface area (Å²) in [5.41, 5.74) is 0.975. The molecule has 2 heterocycles. The summed E-state index contributed by atoms with van der Waals surface area (Å²) in [5.74, 6) is 0.782. The lowest BCUT2D eigenvalue weighted by Crippen LogP contribution is -2.20. The fourth-order valence-electron chi connectivity index (χ4n) is 1.10. The molecule has 11 heavy (non-hydrogen) atoms. The van der Waals surface area contributed by atoms with Crippen LogP contribution in [-0.4, -0.2) is 23.7 Å². The van der Waals surface area contributed by atoms with Crippen LogP contribution in [-0.2, 0) is 0 Å². The zero-order valence-electron chi connectivity index (χ0n) is 6.03. The summed E-state index contributed by atoms with van der Waals surface area (Å²) < 4.78 is 1.57. The predicted octanol–water partition coefficient (Wildman–Crippen LogP) is 0.844. The molecule has 0 unspecified atom stereocenters. The number of hydrogen-bond acceptors (Lipinski definition) is 4. The lowest BCUT2D eigenvalue weighted by atomic mass is 10.5. The Kier molecular flexibility index (Phi) is 1.35. The molecule has 0 bridgehead atoms. The molecule has 1 aromatic rings. The molecule has 0 radical (unpaired) electrons. The van der Waals surface area contributed by atoms with Crippen LogP contribution in [0.3, 0.4) is 0 Å². The number of halogens is 1. The lowest BCUT2D eigenvalue weighted by molar-refractivity contribution is 0.984. The van der Waals surface area contributed by atoms with Gasteiger partial charge in [-0.15, -0.1) is 0 Å². The highest BCUT2D eigenvalue weighted by Crippen LogP contribution is 2.32. The number of aromatic nitrogens is 2. The van der Waals surface area contributed by atoms with Crippen LogP contribution in [0.5, 0.6) is 0 Å². The number of hydrogen-bond donors (Lipinski definition) is 0. The summed E-state index contributed by atoms with van der Waals surface area (Å²) in [6.07, 6.45) is 3.25. The maximum absolute atomic E-state index is 5.84. The molecule has 0 saturated carbocycles. The van der Waals surface area contributed by atoms with Gasteiger partial charge in [-0.3, -0.25) is 0 Å². The quantitative estimate of drug-likeness (QED) is 0.541. The Morgan fingerprint density at radius 1 is 1.64 bits per heavy atom. The molecule has 4 nitrogen and oxygen atoms in total. The van der Waals surface area contributed by atoms with Gasteiger partial charge >= 0.3 is 0 Å². The minimum atomic E-state index is 0.662. The Labute approximate surface area is 69.5 Å². The van der Waals surface area contributed by atoms with Crippen molar-refractivity contribution in [1.29, 1.82) is 0 Å². The third kappa shape index (κ3) is 0.903. The second-order valence-corrected chi connectivity index (χ2v) is 2.84. The van der Waals surface area contributed by atoms with Gasteiger partial charge in [-0.2, -0.15) is 0 Å². The van der Waals surface area contributed by atoms with Crippen molar-refractivity contribution in [3.8, 4) is 0 Å². The van der Waals surface area contributed by atoms with Gasteiger partial charge in [0.2, 0.25) is 0 Å². The van der Waals surface area contributed by atoms with Crippen molar-refractivity contribution in [2.24, 2.45) is 0 Å². The maximum atomic E-state index is 5.84. The van der Waals surface area contributed by atoms with Gasteiger partial charge in [-0.05, 0) is 0 Å². The summed E-state index contributed by atoms with van der Waals surface area (Å²) in [7, 11) is 1.95. The maximum Gasteiger partial charge on any atom is 0.171 e. The van der Waals surface area contributed by atoms with E-state index in [2.05, 4.69) is 9.97 Å². The number of fused-ring (bicyclic) bond motifs is 1. The molecule has 1 aliphatic rings. The number of nitrogens with zero attached hydrogens (tertiary/aromatic N) is 4. The average molecular weight is 171 g/mol. The highest BCUT2D eigenvalue weighted by atomic mass is 35.5. The van der Waals surface area contributed by atoms with Crippen LogP contribution in [0.2, 0.25) is 0 Å². The summed E-state index contributed by atoms with van der Waals surface area (Å²) in [6.45, 7) is 0.662. The largest absolute Gasteiger partial charge is 0.351 e. The normalized spacial score (nSPS) is 15.5. The van der Waals surface area contributed by atoms with E-state index in [0.29, 0.717) is 6.67 Å². The minimum absolute atomic E-state index is 0.662. The molecule has 0 atom stereocenters. The van der Waals surface area contributed by atoms with E-state index in [9.17, 15) is 0 Å². The first-order valence-electron chi connectivity index (χ1n) is 3.23. The first-order chi connectivity index (χ1) is 5.29. The minimum Gasteiger partial charge on any atom is -0.351 e. The van der Waals surface area contributed by atoms with Crippen molar-refractivity contribution in [2.75, 3.05) is 23.0 Å². The highest BCUT2D eigenvalue weighted by Gasteiger charge is 2.22. The van der Waals surface area contributed by atoms with Crippen molar-refractivity contribution in [3.63, 3.8) is 0 Å². The molecule has 0 N–H and O–H groups in total. The van der Waals surface area contributed by atoms with Crippen LogP contribution in [0.4, 0.5) is 11.5 Å². The highest BCUT2D eigenvalue weighted by molar-refractivity contribution is 6.27. The van der Waals surface area contributed by atoms with Crippen molar-refractivity contribution in [1.82, 2.24) is 9.97 Å². The topological polar surface area (TPSA) is 32.3 Å². The average Bonchev–Trinajstić information content (AvgIpc) is 2.30. The Bertz CT molecular complexity index is 250. The molecular weight excluding hydrogens is 164 g/mol. The van der Waals surface area contributed by atoms with Crippen LogP contribution in [0, 0.1) is 0 Å². The van der Waals surface area contributed by atoms with Gasteiger partial charge in [0.15, 0.2) is 5.82 Å². The molecule has 0 fully saturated rings. The Hall–Kier alpha value is -1.03. The standard InChI is InChI=1S/C6H7ClN4/c1-10-4-11(7)6-5(10)2-8-3-9-6/h2-3H,4H2,1H3. The van der Waals surface area contributed by atoms with E-state index in [1.807, 2.05) is 11.9 Å². The van der Waals surface area contributed by atoms with Gasteiger partial charge in [0.05, 0.1) is 6.20 Å². The van der Waals surface area contributed by atoms with Crippen LogP contribution in [0.25, 0.3) is 0 Å². The number of rotatable bonds is 0. The third-order valence-electron chi connectivity index (χ3n) is 1.65. The van der Waals surface area contributed by atoms with Crippen LogP contribution >= 0.6 is 11.8 Å². The fourth-order valence-corrected chi connectivity index (χ4v) is 1.39. The van der Waals surface area contributed by atoms with E-state index in [4.69, 9.17) is 11.8 Å². The Balaban J connectivity index is 2.52. The molecule has 2 rings (SSSR count). The van der Waals surface area contributed by atoms with Gasteiger partial charge in [0.25, 0.3) is 0 Å². The van der Waals surface area contributed by atoms with E-state index >= 15 is 0 Å². The van der Waals surface area contributed by atoms with Crippen LogP contribution in [0.1, 0.15) is 0 Å². The summed E-state index contributed by atoms with van der Waals surface area (Å²) in [6, 6.07) is 0. The third-order valence-corrected chi connectivity index (χ3v) is 1.92. The Morgan fingerprint density at radius 2 is 2.45 bits per heavy atom. The summed E-state index contributed by atoms with van der Waals surface area (Å²) in [4.78, 5) is 9.92. The second kappa shape index (κ2) is 2.23. The molecule has 1 aliphatic heterocycles. The lowest BCUT2D eigenvalue weighted by Gasteiger charge is -2.08. The van der Waals surface area contributed by atoms with Crippen molar-refractivity contribution in [2.45, 2.75) is 0 Å². The molecular formula is C6H7ClN4. The molecule has 1 aromatic heterocycles. The van der Waals surface area contributed by atoms with E-state index in [0.717, 1.165) is 11.5 Å². The molecule has 0 aliphatic carbocycles. The van der Waals surface area contributed by atoms with Crippen LogP contribution < -0.4 is 9.32 Å². The monoisotopic (exact) mass is 170 g/mol.